The Morgan fingerprint density at radius 1 is 0.962 bits per heavy atom. The van der Waals surface area contributed by atoms with Crippen LogP contribution in [0.4, 0.5) is 0 Å². The fourth-order valence-electron chi connectivity index (χ4n) is 2.64. The smallest absolute Gasteiger partial charge is 0.261 e. The number of carbonyl (C=O) groups is 1. The van der Waals surface area contributed by atoms with Gasteiger partial charge >= 0.3 is 0 Å². The quantitative estimate of drug-likeness (QED) is 0.719. The number of carbonyl (C=O) groups excluding carboxylic acids is 1. The molecule has 5 heteroatoms. The third-order valence-electron chi connectivity index (χ3n) is 4.03. The molecule has 2 N–H and O–H groups in total. The first kappa shape index (κ1) is 17.6. The molecule has 1 amide bonds. The first-order chi connectivity index (χ1) is 12.7. The second-order valence-electron chi connectivity index (χ2n) is 5.91. The van der Waals surface area contributed by atoms with E-state index in [0.29, 0.717) is 18.8 Å². The van der Waals surface area contributed by atoms with Crippen molar-refractivity contribution in [2.75, 3.05) is 7.11 Å². The summed E-state index contributed by atoms with van der Waals surface area (Å²) >= 11 is 0. The molecular weight excluding hydrogens is 328 g/mol. The molecule has 5 nitrogen and oxygen atoms in total. The van der Waals surface area contributed by atoms with E-state index < -0.39 is 11.5 Å². The molecule has 0 aliphatic carbocycles. The zero-order valence-corrected chi connectivity index (χ0v) is 14.5. The van der Waals surface area contributed by atoms with Gasteiger partial charge in [-0.2, -0.15) is 0 Å². The van der Waals surface area contributed by atoms with Crippen LogP contribution in [0, 0.1) is 0 Å². The Bertz CT molecular complexity index is 931. The Morgan fingerprint density at radius 3 is 2.31 bits per heavy atom. The van der Waals surface area contributed by atoms with Crippen LogP contribution >= 0.6 is 0 Å². The maximum Gasteiger partial charge on any atom is 0.261 e. The SMILES string of the molecule is COCc1ccc(CNC(=O)c2ccc(-c3ccccc3)[nH]c2=O)cc1. The minimum Gasteiger partial charge on any atom is -0.380 e. The molecule has 3 aromatic rings. The topological polar surface area (TPSA) is 71.2 Å². The van der Waals surface area contributed by atoms with Gasteiger partial charge in [-0.05, 0) is 28.8 Å². The van der Waals surface area contributed by atoms with Gasteiger partial charge in [0.15, 0.2) is 0 Å². The first-order valence-electron chi connectivity index (χ1n) is 8.31. The van der Waals surface area contributed by atoms with Crippen LogP contribution in [0.5, 0.6) is 0 Å². The summed E-state index contributed by atoms with van der Waals surface area (Å²) in [5.74, 6) is -0.396. The van der Waals surface area contributed by atoms with Crippen molar-refractivity contribution in [1.82, 2.24) is 10.3 Å². The van der Waals surface area contributed by atoms with Gasteiger partial charge in [-0.15, -0.1) is 0 Å². The van der Waals surface area contributed by atoms with Crippen LogP contribution in [-0.2, 0) is 17.9 Å². The van der Waals surface area contributed by atoms with Gasteiger partial charge in [-0.25, -0.2) is 0 Å². The molecule has 0 fully saturated rings. The van der Waals surface area contributed by atoms with Crippen LogP contribution < -0.4 is 10.9 Å². The monoisotopic (exact) mass is 348 g/mol. The van der Waals surface area contributed by atoms with Crippen LogP contribution in [0.25, 0.3) is 11.3 Å². The summed E-state index contributed by atoms with van der Waals surface area (Å²) in [6.45, 7) is 0.905. The summed E-state index contributed by atoms with van der Waals surface area (Å²) in [6.07, 6.45) is 0. The van der Waals surface area contributed by atoms with Crippen molar-refractivity contribution in [1.29, 1.82) is 0 Å². The molecule has 0 aliphatic rings. The largest absolute Gasteiger partial charge is 0.380 e. The number of rotatable bonds is 6. The molecule has 26 heavy (non-hydrogen) atoms. The maximum absolute atomic E-state index is 12.3. The molecule has 0 atom stereocenters. The van der Waals surface area contributed by atoms with Crippen molar-refractivity contribution in [3.63, 3.8) is 0 Å². The van der Waals surface area contributed by atoms with Gasteiger partial charge in [0.25, 0.3) is 11.5 Å². The molecule has 0 aliphatic heterocycles. The van der Waals surface area contributed by atoms with Crippen LogP contribution in [0.2, 0.25) is 0 Å². The van der Waals surface area contributed by atoms with Crippen molar-refractivity contribution in [2.24, 2.45) is 0 Å². The molecule has 0 radical (unpaired) electrons. The summed E-state index contributed by atoms with van der Waals surface area (Å²) in [7, 11) is 1.65. The van der Waals surface area contributed by atoms with E-state index in [0.717, 1.165) is 16.7 Å². The third-order valence-corrected chi connectivity index (χ3v) is 4.03. The molecule has 0 bridgehead atoms. The molecular formula is C21H20N2O3. The lowest BCUT2D eigenvalue weighted by Crippen LogP contribution is -2.29. The number of methoxy groups -OCH3 is 1. The van der Waals surface area contributed by atoms with E-state index in [9.17, 15) is 9.59 Å². The van der Waals surface area contributed by atoms with Crippen molar-refractivity contribution in [3.8, 4) is 11.3 Å². The van der Waals surface area contributed by atoms with Gasteiger partial charge < -0.3 is 15.0 Å². The van der Waals surface area contributed by atoms with Crippen molar-refractivity contribution < 1.29 is 9.53 Å². The summed E-state index contributed by atoms with van der Waals surface area (Å²) in [4.78, 5) is 27.3. The highest BCUT2D eigenvalue weighted by Crippen LogP contribution is 2.14. The minimum atomic E-state index is -0.403. The summed E-state index contributed by atoms with van der Waals surface area (Å²) in [6, 6.07) is 20.6. The summed E-state index contributed by atoms with van der Waals surface area (Å²) in [5.41, 5.74) is 3.29. The van der Waals surface area contributed by atoms with Gasteiger partial charge in [0.05, 0.1) is 6.61 Å². The van der Waals surface area contributed by atoms with Gasteiger partial charge in [-0.3, -0.25) is 9.59 Å². The summed E-state index contributed by atoms with van der Waals surface area (Å²) < 4.78 is 5.07. The predicted molar refractivity (Wildman–Crippen MR) is 101 cm³/mol. The molecule has 0 saturated carbocycles. The molecule has 1 aromatic heterocycles. The number of pyridine rings is 1. The number of nitrogens with one attached hydrogen (secondary N) is 2. The third kappa shape index (κ3) is 4.26. The Balaban J connectivity index is 1.67. The first-order valence-corrected chi connectivity index (χ1v) is 8.31. The number of hydrogen-bond acceptors (Lipinski definition) is 3. The van der Waals surface area contributed by atoms with E-state index in [1.54, 1.807) is 19.2 Å². The lowest BCUT2D eigenvalue weighted by atomic mass is 10.1. The van der Waals surface area contributed by atoms with Gasteiger partial charge in [0.2, 0.25) is 0 Å². The Kier molecular flexibility index (Phi) is 5.61. The van der Waals surface area contributed by atoms with E-state index >= 15 is 0 Å². The van der Waals surface area contributed by atoms with E-state index in [-0.39, 0.29) is 5.56 Å². The van der Waals surface area contributed by atoms with Gasteiger partial charge in [0, 0.05) is 19.3 Å². The van der Waals surface area contributed by atoms with E-state index in [2.05, 4.69) is 10.3 Å². The molecule has 3 rings (SSSR count). The van der Waals surface area contributed by atoms with Crippen LogP contribution in [0.15, 0.2) is 71.5 Å². The number of amides is 1. The zero-order chi connectivity index (χ0) is 18.4. The number of H-pyrrole nitrogens is 1. The average Bonchev–Trinajstić information content (AvgIpc) is 2.68. The van der Waals surface area contributed by atoms with Crippen molar-refractivity contribution in [2.45, 2.75) is 13.2 Å². The van der Waals surface area contributed by atoms with Crippen LogP contribution in [0.1, 0.15) is 21.5 Å². The highest BCUT2D eigenvalue weighted by atomic mass is 16.5. The number of ether oxygens (including phenoxy) is 1. The van der Waals surface area contributed by atoms with E-state index in [1.165, 1.54) is 0 Å². The van der Waals surface area contributed by atoms with Crippen molar-refractivity contribution in [3.05, 3.63) is 93.8 Å². The standard InChI is InChI=1S/C21H20N2O3/c1-26-14-16-9-7-15(8-10-16)13-22-20(24)18-11-12-19(23-21(18)25)17-5-3-2-4-6-17/h2-12H,13-14H2,1H3,(H,22,24)(H,23,25). The Labute approximate surface area is 151 Å². The van der Waals surface area contributed by atoms with Crippen molar-refractivity contribution >= 4 is 5.91 Å². The van der Waals surface area contributed by atoms with Crippen LogP contribution in [-0.4, -0.2) is 18.0 Å². The molecule has 2 aromatic carbocycles. The second-order valence-corrected chi connectivity index (χ2v) is 5.91. The predicted octanol–water partition coefficient (Wildman–Crippen LogP) is 3.12. The number of aromatic nitrogens is 1. The number of aromatic amines is 1. The zero-order valence-electron chi connectivity index (χ0n) is 14.5. The normalized spacial score (nSPS) is 10.5. The fraction of sp³-hybridized carbons (Fsp3) is 0.143. The lowest BCUT2D eigenvalue weighted by molar-refractivity contribution is 0.0949. The summed E-state index contributed by atoms with van der Waals surface area (Å²) in [5, 5.41) is 2.78. The molecule has 1 heterocycles. The number of hydrogen-bond donors (Lipinski definition) is 2. The molecule has 0 saturated heterocycles. The highest BCUT2D eigenvalue weighted by Gasteiger charge is 2.11. The fourth-order valence-corrected chi connectivity index (χ4v) is 2.64. The van der Waals surface area contributed by atoms with E-state index in [1.807, 2.05) is 54.6 Å². The highest BCUT2D eigenvalue weighted by molar-refractivity contribution is 5.94. The molecule has 0 unspecified atom stereocenters. The number of benzene rings is 2. The Morgan fingerprint density at radius 2 is 1.65 bits per heavy atom. The Hall–Kier alpha value is -3.18. The minimum absolute atomic E-state index is 0.0979. The second kappa shape index (κ2) is 8.27. The van der Waals surface area contributed by atoms with Gasteiger partial charge in [-0.1, -0.05) is 54.6 Å². The van der Waals surface area contributed by atoms with Crippen LogP contribution in [0.3, 0.4) is 0 Å². The average molecular weight is 348 g/mol. The maximum atomic E-state index is 12.3. The molecule has 0 spiro atoms. The van der Waals surface area contributed by atoms with E-state index in [4.69, 9.17) is 4.74 Å². The lowest BCUT2D eigenvalue weighted by Gasteiger charge is -2.07. The van der Waals surface area contributed by atoms with Gasteiger partial charge in [0.1, 0.15) is 5.56 Å². The molecule has 132 valence electrons.